The van der Waals surface area contributed by atoms with Crippen LogP contribution in [0.25, 0.3) is 0 Å². The normalized spacial score (nSPS) is 10.4. The number of nitrogens with zero attached hydrogens (tertiary/aromatic N) is 1. The Kier molecular flexibility index (Phi) is 3.67. The van der Waals surface area contributed by atoms with Crippen LogP contribution in [0, 0.1) is 6.92 Å². The van der Waals surface area contributed by atoms with Crippen molar-refractivity contribution in [3.05, 3.63) is 46.6 Å². The largest absolute Gasteiger partial charge is 0.456 e. The van der Waals surface area contributed by atoms with Crippen molar-refractivity contribution in [2.75, 3.05) is 5.32 Å². The van der Waals surface area contributed by atoms with Gasteiger partial charge in [0, 0.05) is 6.42 Å². The second kappa shape index (κ2) is 5.23. The quantitative estimate of drug-likeness (QED) is 0.864. The van der Waals surface area contributed by atoms with Crippen LogP contribution in [0.1, 0.15) is 28.8 Å². The highest BCUT2D eigenvalue weighted by atomic mass is 35.5. The molecule has 1 N–H and O–H groups in total. The monoisotopic (exact) mass is 264 g/mol. The van der Waals surface area contributed by atoms with E-state index < -0.39 is 0 Å². The molecule has 2 rings (SSSR count). The Morgan fingerprint density at radius 2 is 2.28 bits per heavy atom. The van der Waals surface area contributed by atoms with Gasteiger partial charge in [0.25, 0.3) is 5.91 Å². The summed E-state index contributed by atoms with van der Waals surface area (Å²) in [6, 6.07) is 5.21. The van der Waals surface area contributed by atoms with Crippen LogP contribution in [-0.2, 0) is 6.42 Å². The van der Waals surface area contributed by atoms with Gasteiger partial charge in [0.2, 0.25) is 0 Å². The summed E-state index contributed by atoms with van der Waals surface area (Å²) >= 11 is 5.81. The Labute approximate surface area is 110 Å². The number of furan rings is 1. The number of aryl methyl sites for hydroxylation is 2. The Balaban J connectivity index is 2.13. The molecule has 0 spiro atoms. The summed E-state index contributed by atoms with van der Waals surface area (Å²) in [5.41, 5.74) is 1.40. The number of aromatic nitrogens is 1. The molecule has 0 aliphatic carbocycles. The lowest BCUT2D eigenvalue weighted by molar-refractivity contribution is 0.0995. The van der Waals surface area contributed by atoms with Gasteiger partial charge in [0.05, 0.1) is 11.9 Å². The van der Waals surface area contributed by atoms with E-state index in [1.165, 1.54) is 6.20 Å². The fourth-order valence-electron chi connectivity index (χ4n) is 1.51. The number of anilines is 1. The highest BCUT2D eigenvalue weighted by Gasteiger charge is 2.11. The molecule has 1 amide bonds. The summed E-state index contributed by atoms with van der Waals surface area (Å²) in [5.74, 6) is 0.781. The van der Waals surface area contributed by atoms with Crippen LogP contribution in [0.5, 0.6) is 0 Å². The van der Waals surface area contributed by atoms with Crippen molar-refractivity contribution in [1.29, 1.82) is 0 Å². The summed E-state index contributed by atoms with van der Waals surface area (Å²) in [4.78, 5) is 15.8. The van der Waals surface area contributed by atoms with E-state index in [-0.39, 0.29) is 5.91 Å². The number of rotatable bonds is 3. The van der Waals surface area contributed by atoms with Gasteiger partial charge in [-0.15, -0.1) is 0 Å². The molecule has 0 fully saturated rings. The minimum Gasteiger partial charge on any atom is -0.456 e. The number of amides is 1. The van der Waals surface area contributed by atoms with Crippen molar-refractivity contribution in [3.63, 3.8) is 0 Å². The number of nitrogens with one attached hydrogen (secondary N) is 1. The molecule has 2 aromatic rings. The van der Waals surface area contributed by atoms with Gasteiger partial charge in [0.15, 0.2) is 5.76 Å². The van der Waals surface area contributed by atoms with Crippen molar-refractivity contribution < 1.29 is 9.21 Å². The van der Waals surface area contributed by atoms with Crippen molar-refractivity contribution in [3.8, 4) is 0 Å². The SMILES string of the molecule is CCc1ccc(C(=O)Nc2cnc(Cl)c(C)c2)o1. The summed E-state index contributed by atoms with van der Waals surface area (Å²) in [7, 11) is 0. The van der Waals surface area contributed by atoms with Gasteiger partial charge in [-0.2, -0.15) is 0 Å². The van der Waals surface area contributed by atoms with Gasteiger partial charge < -0.3 is 9.73 Å². The van der Waals surface area contributed by atoms with Crippen LogP contribution in [0.2, 0.25) is 5.15 Å². The van der Waals surface area contributed by atoms with Crippen LogP contribution in [-0.4, -0.2) is 10.9 Å². The van der Waals surface area contributed by atoms with Crippen molar-refractivity contribution in [1.82, 2.24) is 4.98 Å². The molecule has 0 aliphatic heterocycles. The highest BCUT2D eigenvalue weighted by Crippen LogP contribution is 2.17. The molecule has 5 heteroatoms. The molecule has 0 saturated carbocycles. The molecule has 94 valence electrons. The standard InChI is InChI=1S/C13H13ClN2O2/c1-3-10-4-5-11(18-10)13(17)16-9-6-8(2)12(14)15-7-9/h4-7H,3H2,1-2H3,(H,16,17). The predicted octanol–water partition coefficient (Wildman–Crippen LogP) is 3.45. The van der Waals surface area contributed by atoms with E-state index in [1.807, 2.05) is 13.8 Å². The Bertz CT molecular complexity index is 578. The number of carbonyl (C=O) groups excluding carboxylic acids is 1. The maximum Gasteiger partial charge on any atom is 0.291 e. The molecule has 0 saturated heterocycles. The number of hydrogen-bond acceptors (Lipinski definition) is 3. The topological polar surface area (TPSA) is 55.1 Å². The average Bonchev–Trinajstić information content (AvgIpc) is 2.82. The zero-order valence-electron chi connectivity index (χ0n) is 10.2. The predicted molar refractivity (Wildman–Crippen MR) is 70.0 cm³/mol. The summed E-state index contributed by atoms with van der Waals surface area (Å²) in [6.07, 6.45) is 2.27. The third kappa shape index (κ3) is 2.71. The summed E-state index contributed by atoms with van der Waals surface area (Å²) < 4.78 is 5.36. The Hall–Kier alpha value is -1.81. The maximum absolute atomic E-state index is 11.9. The van der Waals surface area contributed by atoms with E-state index in [0.29, 0.717) is 16.6 Å². The fourth-order valence-corrected chi connectivity index (χ4v) is 1.61. The first-order chi connectivity index (χ1) is 8.60. The smallest absolute Gasteiger partial charge is 0.291 e. The van der Waals surface area contributed by atoms with E-state index in [0.717, 1.165) is 17.7 Å². The minimum absolute atomic E-state index is 0.291. The molecule has 0 aliphatic rings. The molecule has 2 heterocycles. The zero-order valence-corrected chi connectivity index (χ0v) is 10.9. The molecule has 18 heavy (non-hydrogen) atoms. The van der Waals surface area contributed by atoms with Gasteiger partial charge in [-0.1, -0.05) is 18.5 Å². The fraction of sp³-hybridized carbons (Fsp3) is 0.231. The lowest BCUT2D eigenvalue weighted by Gasteiger charge is -2.04. The Morgan fingerprint density at radius 1 is 1.50 bits per heavy atom. The van der Waals surface area contributed by atoms with Crippen LogP contribution in [0.3, 0.4) is 0 Å². The molecule has 0 unspecified atom stereocenters. The first-order valence-electron chi connectivity index (χ1n) is 5.62. The number of hydrogen-bond donors (Lipinski definition) is 1. The van der Waals surface area contributed by atoms with Crippen molar-refractivity contribution in [2.45, 2.75) is 20.3 Å². The number of carbonyl (C=O) groups is 1. The molecule has 0 bridgehead atoms. The highest BCUT2D eigenvalue weighted by molar-refractivity contribution is 6.30. The third-order valence-electron chi connectivity index (χ3n) is 2.51. The summed E-state index contributed by atoms with van der Waals surface area (Å²) in [6.45, 7) is 3.79. The number of pyridine rings is 1. The average molecular weight is 265 g/mol. The van der Waals surface area contributed by atoms with Crippen LogP contribution >= 0.6 is 11.6 Å². The second-order valence-electron chi connectivity index (χ2n) is 3.91. The molecule has 0 radical (unpaired) electrons. The zero-order chi connectivity index (χ0) is 13.1. The molecular formula is C13H13ClN2O2. The van der Waals surface area contributed by atoms with E-state index in [9.17, 15) is 4.79 Å². The lowest BCUT2D eigenvalue weighted by atomic mass is 10.3. The molecular weight excluding hydrogens is 252 g/mol. The van der Waals surface area contributed by atoms with Gasteiger partial charge in [-0.25, -0.2) is 4.98 Å². The first kappa shape index (κ1) is 12.6. The van der Waals surface area contributed by atoms with Crippen molar-refractivity contribution in [2.24, 2.45) is 0 Å². The Morgan fingerprint density at radius 3 is 2.89 bits per heavy atom. The van der Waals surface area contributed by atoms with Crippen LogP contribution < -0.4 is 5.32 Å². The van der Waals surface area contributed by atoms with Crippen LogP contribution in [0.4, 0.5) is 5.69 Å². The third-order valence-corrected chi connectivity index (χ3v) is 2.90. The molecule has 2 aromatic heterocycles. The van der Waals surface area contributed by atoms with Gasteiger partial charge in [0.1, 0.15) is 10.9 Å². The van der Waals surface area contributed by atoms with Gasteiger partial charge >= 0.3 is 0 Å². The summed E-state index contributed by atoms with van der Waals surface area (Å²) in [5, 5.41) is 3.14. The van der Waals surface area contributed by atoms with Crippen molar-refractivity contribution >= 4 is 23.2 Å². The number of halogens is 1. The van der Waals surface area contributed by atoms with Crippen LogP contribution in [0.15, 0.2) is 28.8 Å². The first-order valence-corrected chi connectivity index (χ1v) is 6.00. The van der Waals surface area contributed by atoms with E-state index in [2.05, 4.69) is 10.3 Å². The van der Waals surface area contributed by atoms with Gasteiger partial charge in [-0.05, 0) is 30.7 Å². The minimum atomic E-state index is -0.293. The van der Waals surface area contributed by atoms with E-state index in [1.54, 1.807) is 18.2 Å². The molecule has 0 aromatic carbocycles. The van der Waals surface area contributed by atoms with E-state index in [4.69, 9.17) is 16.0 Å². The molecule has 0 atom stereocenters. The lowest BCUT2D eigenvalue weighted by Crippen LogP contribution is -2.11. The maximum atomic E-state index is 11.9. The molecule has 4 nitrogen and oxygen atoms in total. The van der Waals surface area contributed by atoms with E-state index >= 15 is 0 Å². The second-order valence-corrected chi connectivity index (χ2v) is 4.26. The van der Waals surface area contributed by atoms with Gasteiger partial charge in [-0.3, -0.25) is 4.79 Å².